The third kappa shape index (κ3) is 4.84. The van der Waals surface area contributed by atoms with Gasteiger partial charge in [-0.2, -0.15) is 0 Å². The molecule has 4 rings (SSSR count). The van der Waals surface area contributed by atoms with Crippen LogP contribution in [0.1, 0.15) is 61.9 Å². The molecule has 3 fully saturated rings. The molecular weight excluding hydrogens is 424 g/mol. The number of carbonyl (C=O) groups excluding carboxylic acids is 4. The second kappa shape index (κ2) is 9.84. The van der Waals surface area contributed by atoms with Crippen LogP contribution in [0.3, 0.4) is 0 Å². The van der Waals surface area contributed by atoms with Gasteiger partial charge in [0.15, 0.2) is 0 Å². The molecule has 0 unspecified atom stereocenters. The monoisotopic (exact) mass is 458 g/mol. The summed E-state index contributed by atoms with van der Waals surface area (Å²) in [7, 11) is 1.77. The number of urea groups is 1. The molecule has 33 heavy (non-hydrogen) atoms. The number of hydrogen-bond acceptors (Lipinski definition) is 4. The highest BCUT2D eigenvalue weighted by Gasteiger charge is 2.47. The number of likely N-dealkylation sites (tertiary alicyclic amines) is 2. The van der Waals surface area contributed by atoms with Crippen molar-refractivity contribution in [3.8, 4) is 0 Å². The predicted octanol–water partition coefficient (Wildman–Crippen LogP) is 0.716. The summed E-state index contributed by atoms with van der Waals surface area (Å²) in [4.78, 5) is 54.7. The number of hydrogen-bond donors (Lipinski definition) is 3. The van der Waals surface area contributed by atoms with Gasteiger partial charge in [-0.25, -0.2) is 4.79 Å². The molecule has 1 aliphatic carbocycles. The molecule has 0 spiro atoms. The zero-order chi connectivity index (χ0) is 23.5. The fourth-order valence-electron chi connectivity index (χ4n) is 5.45. The van der Waals surface area contributed by atoms with Crippen molar-refractivity contribution in [3.63, 3.8) is 0 Å². The van der Waals surface area contributed by atoms with Crippen LogP contribution in [0, 0.1) is 0 Å². The number of carbonyl (C=O) groups is 4. The van der Waals surface area contributed by atoms with Crippen LogP contribution < -0.4 is 16.4 Å². The maximum absolute atomic E-state index is 13.7. The summed E-state index contributed by atoms with van der Waals surface area (Å²) in [6, 6.07) is 1.20. The number of nitrogens with one attached hydrogen (secondary N) is 2. The Balaban J connectivity index is 1.54. The van der Waals surface area contributed by atoms with Crippen molar-refractivity contribution in [3.05, 3.63) is 24.0 Å². The van der Waals surface area contributed by atoms with Gasteiger partial charge in [-0.1, -0.05) is 19.3 Å². The standard InChI is InChI=1S/C23H34N6O4/c1-27-12-5-10-18(27)21(31)29-14-11-16(26-23(33)25-15-7-3-2-4-8-15)19(29)22(32)28-13-6-9-17(28)20(24)30/h5,10,12,15-17,19H,2-4,6-9,11,13-14H2,1H3,(H2,24,30)(H2,25,26,33)/t16-,17+,19-/m0/s1. The van der Waals surface area contributed by atoms with E-state index in [4.69, 9.17) is 5.73 Å². The third-order valence-electron chi connectivity index (χ3n) is 7.20. The molecular formula is C23H34N6O4. The average molecular weight is 459 g/mol. The fourth-order valence-corrected chi connectivity index (χ4v) is 5.45. The van der Waals surface area contributed by atoms with Crippen LogP contribution >= 0.6 is 0 Å². The summed E-state index contributed by atoms with van der Waals surface area (Å²) < 4.78 is 1.71. The largest absolute Gasteiger partial charge is 0.368 e. The molecule has 0 bridgehead atoms. The molecule has 180 valence electrons. The normalized spacial score (nSPS) is 25.8. The minimum absolute atomic E-state index is 0.133. The number of rotatable bonds is 5. The molecule has 4 N–H and O–H groups in total. The number of nitrogens with zero attached hydrogens (tertiary/aromatic N) is 3. The number of nitrogens with two attached hydrogens (primary N) is 1. The average Bonchev–Trinajstić information content (AvgIpc) is 3.53. The van der Waals surface area contributed by atoms with E-state index in [2.05, 4.69) is 10.6 Å². The van der Waals surface area contributed by atoms with Crippen LogP contribution in [0.25, 0.3) is 0 Å². The van der Waals surface area contributed by atoms with Crippen molar-refractivity contribution in [2.24, 2.45) is 12.8 Å². The molecule has 1 saturated carbocycles. The van der Waals surface area contributed by atoms with Crippen molar-refractivity contribution in [2.45, 2.75) is 75.5 Å². The molecule has 0 aromatic carbocycles. The topological polar surface area (TPSA) is 130 Å². The maximum Gasteiger partial charge on any atom is 0.315 e. The van der Waals surface area contributed by atoms with Crippen molar-refractivity contribution in [1.82, 2.24) is 25.0 Å². The Hall–Kier alpha value is -3.04. The molecule has 3 atom stereocenters. The first-order valence-corrected chi connectivity index (χ1v) is 12.0. The van der Waals surface area contributed by atoms with Crippen molar-refractivity contribution in [1.29, 1.82) is 0 Å². The molecule has 5 amide bonds. The van der Waals surface area contributed by atoms with E-state index in [-0.39, 0.29) is 23.9 Å². The maximum atomic E-state index is 13.7. The third-order valence-corrected chi connectivity index (χ3v) is 7.20. The van der Waals surface area contributed by atoms with Crippen LogP contribution in [0.15, 0.2) is 18.3 Å². The summed E-state index contributed by atoms with van der Waals surface area (Å²) in [5.74, 6) is -1.15. The van der Waals surface area contributed by atoms with Gasteiger partial charge in [0.05, 0.1) is 6.04 Å². The number of amides is 5. The Bertz CT molecular complexity index is 909. The van der Waals surface area contributed by atoms with Gasteiger partial charge >= 0.3 is 6.03 Å². The zero-order valence-corrected chi connectivity index (χ0v) is 19.2. The molecule has 3 heterocycles. The smallest absolute Gasteiger partial charge is 0.315 e. The van der Waals surface area contributed by atoms with E-state index in [1.165, 1.54) is 16.2 Å². The summed E-state index contributed by atoms with van der Waals surface area (Å²) >= 11 is 0. The fraction of sp³-hybridized carbons (Fsp3) is 0.652. The molecule has 1 aromatic rings. The lowest BCUT2D eigenvalue weighted by atomic mass is 9.96. The van der Waals surface area contributed by atoms with Crippen LogP contribution in [0.2, 0.25) is 0 Å². The van der Waals surface area contributed by atoms with Gasteiger partial charge in [-0.15, -0.1) is 0 Å². The Kier molecular flexibility index (Phi) is 6.90. The molecule has 10 heteroatoms. The van der Waals surface area contributed by atoms with Crippen molar-refractivity contribution in [2.75, 3.05) is 13.1 Å². The van der Waals surface area contributed by atoms with E-state index in [0.717, 1.165) is 25.7 Å². The van der Waals surface area contributed by atoms with Gasteiger partial charge in [0.1, 0.15) is 17.8 Å². The molecule has 2 saturated heterocycles. The van der Waals surface area contributed by atoms with Crippen molar-refractivity contribution < 1.29 is 19.2 Å². The van der Waals surface area contributed by atoms with E-state index in [9.17, 15) is 19.2 Å². The van der Waals surface area contributed by atoms with Gasteiger partial charge < -0.3 is 30.7 Å². The van der Waals surface area contributed by atoms with Gasteiger partial charge in [-0.3, -0.25) is 14.4 Å². The van der Waals surface area contributed by atoms with Crippen LogP contribution in [0.5, 0.6) is 0 Å². The Labute approximate surface area is 193 Å². The van der Waals surface area contributed by atoms with E-state index in [0.29, 0.717) is 38.0 Å². The second-order valence-electron chi connectivity index (χ2n) is 9.39. The van der Waals surface area contributed by atoms with Gasteiger partial charge in [0.2, 0.25) is 11.8 Å². The van der Waals surface area contributed by atoms with E-state index < -0.39 is 24.0 Å². The lowest BCUT2D eigenvalue weighted by Crippen LogP contribution is -2.59. The summed E-state index contributed by atoms with van der Waals surface area (Å²) in [6.45, 7) is 0.750. The number of aromatic nitrogens is 1. The van der Waals surface area contributed by atoms with E-state index >= 15 is 0 Å². The van der Waals surface area contributed by atoms with Crippen LogP contribution in [-0.4, -0.2) is 75.4 Å². The molecule has 3 aliphatic rings. The van der Waals surface area contributed by atoms with Gasteiger partial charge in [-0.05, 0) is 44.2 Å². The van der Waals surface area contributed by atoms with E-state index in [1.807, 2.05) is 0 Å². The highest BCUT2D eigenvalue weighted by Crippen LogP contribution is 2.27. The molecule has 10 nitrogen and oxygen atoms in total. The van der Waals surface area contributed by atoms with Crippen LogP contribution in [-0.2, 0) is 16.6 Å². The lowest BCUT2D eigenvalue weighted by molar-refractivity contribution is -0.140. The predicted molar refractivity (Wildman–Crippen MR) is 121 cm³/mol. The second-order valence-corrected chi connectivity index (χ2v) is 9.39. The molecule has 0 radical (unpaired) electrons. The first kappa shape index (κ1) is 23.1. The number of aryl methyl sites for hydroxylation is 1. The molecule has 2 aliphatic heterocycles. The summed E-state index contributed by atoms with van der Waals surface area (Å²) in [5.41, 5.74) is 6.00. The van der Waals surface area contributed by atoms with Crippen LogP contribution in [0.4, 0.5) is 4.79 Å². The highest BCUT2D eigenvalue weighted by molar-refractivity contribution is 5.98. The SMILES string of the molecule is Cn1cccc1C(=O)N1CC[C@H](NC(=O)NC2CCCCC2)[C@H]1C(=O)N1CCC[C@@H]1C(N)=O. The summed E-state index contributed by atoms with van der Waals surface area (Å²) in [5, 5.41) is 5.98. The quantitative estimate of drug-likeness (QED) is 0.600. The zero-order valence-electron chi connectivity index (χ0n) is 19.2. The number of primary amides is 1. The lowest BCUT2D eigenvalue weighted by Gasteiger charge is -2.33. The Morgan fingerprint density at radius 2 is 1.70 bits per heavy atom. The minimum atomic E-state index is -0.885. The minimum Gasteiger partial charge on any atom is -0.368 e. The van der Waals surface area contributed by atoms with Crippen molar-refractivity contribution >= 4 is 23.8 Å². The molecule has 1 aromatic heterocycles. The van der Waals surface area contributed by atoms with Gasteiger partial charge in [0, 0.05) is 32.4 Å². The van der Waals surface area contributed by atoms with Gasteiger partial charge in [0.25, 0.3) is 5.91 Å². The Morgan fingerprint density at radius 3 is 2.36 bits per heavy atom. The first-order valence-electron chi connectivity index (χ1n) is 12.0. The Morgan fingerprint density at radius 1 is 0.939 bits per heavy atom. The highest BCUT2D eigenvalue weighted by atomic mass is 16.2. The summed E-state index contributed by atoms with van der Waals surface area (Å²) in [6.07, 6.45) is 8.70. The first-order chi connectivity index (χ1) is 15.9. The van der Waals surface area contributed by atoms with E-state index in [1.54, 1.807) is 29.9 Å².